The fraction of sp³-hybridized carbons (Fsp3) is 0.429. The van der Waals surface area contributed by atoms with Gasteiger partial charge in [-0.3, -0.25) is 9.78 Å². The standard InChI is InChI=1S/C28H32ClFN2O4S/c1-35-19-7-8-23-20(17-19)26(21(29)18-31-23)22(30)9-10-28(27(33)34)11-13-32(14-12-28)15-16-37-25-6-4-3-5-24(25)36-2/h3-8,17-18,22H,9-16H2,1-2H3,(H,33,34)/t22-/m0/s1. The molecule has 198 valence electrons. The maximum absolute atomic E-state index is 15.6. The normalized spacial score (nSPS) is 16.4. The first-order chi connectivity index (χ1) is 17.9. The number of pyridine rings is 1. The van der Waals surface area contributed by atoms with Crippen molar-refractivity contribution in [2.24, 2.45) is 5.41 Å². The van der Waals surface area contributed by atoms with Crippen molar-refractivity contribution in [2.75, 3.05) is 39.6 Å². The van der Waals surface area contributed by atoms with Crippen LogP contribution in [0.15, 0.2) is 53.6 Å². The molecule has 0 bridgehead atoms. The third-order valence-electron chi connectivity index (χ3n) is 7.26. The van der Waals surface area contributed by atoms with Gasteiger partial charge < -0.3 is 19.5 Å². The number of aromatic nitrogens is 1. The molecule has 1 aromatic heterocycles. The summed E-state index contributed by atoms with van der Waals surface area (Å²) in [6.07, 6.45) is 1.35. The predicted octanol–water partition coefficient (Wildman–Crippen LogP) is 6.66. The topological polar surface area (TPSA) is 71.9 Å². The second-order valence-electron chi connectivity index (χ2n) is 9.34. The lowest BCUT2D eigenvalue weighted by atomic mass is 9.74. The van der Waals surface area contributed by atoms with E-state index in [9.17, 15) is 9.90 Å². The Labute approximate surface area is 226 Å². The highest BCUT2D eigenvalue weighted by atomic mass is 35.5. The first-order valence-corrected chi connectivity index (χ1v) is 13.7. The molecule has 0 amide bonds. The Kier molecular flexibility index (Phi) is 9.16. The number of halogens is 2. The van der Waals surface area contributed by atoms with E-state index in [-0.39, 0.29) is 17.9 Å². The van der Waals surface area contributed by atoms with Crippen LogP contribution in [0.3, 0.4) is 0 Å². The number of hydrogen-bond donors (Lipinski definition) is 1. The highest BCUT2D eigenvalue weighted by molar-refractivity contribution is 7.99. The molecule has 0 aliphatic carbocycles. The molecule has 1 atom stereocenters. The van der Waals surface area contributed by atoms with E-state index in [1.165, 1.54) is 6.20 Å². The molecule has 0 unspecified atom stereocenters. The number of rotatable bonds is 11. The minimum absolute atomic E-state index is 0.0754. The summed E-state index contributed by atoms with van der Waals surface area (Å²) >= 11 is 8.10. The first-order valence-electron chi connectivity index (χ1n) is 12.3. The number of carboxylic acids is 1. The van der Waals surface area contributed by atoms with Gasteiger partial charge in [0.25, 0.3) is 0 Å². The summed E-state index contributed by atoms with van der Waals surface area (Å²) in [4.78, 5) is 20.0. The van der Waals surface area contributed by atoms with Gasteiger partial charge in [0.15, 0.2) is 0 Å². The van der Waals surface area contributed by atoms with E-state index < -0.39 is 17.6 Å². The van der Waals surface area contributed by atoms with Crippen LogP contribution in [-0.4, -0.2) is 60.6 Å². The average molecular weight is 547 g/mol. The van der Waals surface area contributed by atoms with Gasteiger partial charge in [-0.25, -0.2) is 4.39 Å². The van der Waals surface area contributed by atoms with Gasteiger partial charge in [-0.1, -0.05) is 23.7 Å². The third-order valence-corrected chi connectivity index (χ3v) is 8.59. The van der Waals surface area contributed by atoms with Gasteiger partial charge in [0.2, 0.25) is 0 Å². The summed E-state index contributed by atoms with van der Waals surface area (Å²) < 4.78 is 26.4. The molecule has 1 aliphatic heterocycles. The van der Waals surface area contributed by atoms with Crippen molar-refractivity contribution in [3.8, 4) is 11.5 Å². The predicted molar refractivity (Wildman–Crippen MR) is 146 cm³/mol. The van der Waals surface area contributed by atoms with Crippen LogP contribution in [0.4, 0.5) is 4.39 Å². The van der Waals surface area contributed by atoms with E-state index in [1.807, 2.05) is 24.3 Å². The van der Waals surface area contributed by atoms with E-state index in [1.54, 1.807) is 44.2 Å². The van der Waals surface area contributed by atoms with Gasteiger partial charge in [0.1, 0.15) is 17.7 Å². The molecule has 1 fully saturated rings. The summed E-state index contributed by atoms with van der Waals surface area (Å²) in [6, 6.07) is 13.2. The number of para-hydroxylation sites is 1. The molecule has 1 N–H and O–H groups in total. The van der Waals surface area contributed by atoms with Gasteiger partial charge in [0, 0.05) is 34.3 Å². The molecular weight excluding hydrogens is 515 g/mol. The van der Waals surface area contributed by atoms with Crippen molar-refractivity contribution in [3.63, 3.8) is 0 Å². The third kappa shape index (κ3) is 6.30. The average Bonchev–Trinajstić information content (AvgIpc) is 2.92. The molecule has 0 spiro atoms. The molecule has 2 aromatic carbocycles. The summed E-state index contributed by atoms with van der Waals surface area (Å²) in [5, 5.41) is 10.9. The Balaban J connectivity index is 1.37. The number of carboxylic acid groups (broad SMARTS) is 1. The molecule has 6 nitrogen and oxygen atoms in total. The Hall–Kier alpha value is -2.55. The number of nitrogens with zero attached hydrogens (tertiary/aromatic N) is 2. The number of hydrogen-bond acceptors (Lipinski definition) is 6. The monoisotopic (exact) mass is 546 g/mol. The summed E-state index contributed by atoms with van der Waals surface area (Å²) in [5.41, 5.74) is 0.0240. The van der Waals surface area contributed by atoms with Crippen LogP contribution in [0.5, 0.6) is 11.5 Å². The van der Waals surface area contributed by atoms with Crippen LogP contribution in [0.25, 0.3) is 10.9 Å². The largest absolute Gasteiger partial charge is 0.497 e. The van der Waals surface area contributed by atoms with Gasteiger partial charge in [0.05, 0.1) is 30.2 Å². The van der Waals surface area contributed by atoms with E-state index in [0.29, 0.717) is 48.1 Å². The molecule has 37 heavy (non-hydrogen) atoms. The van der Waals surface area contributed by atoms with E-state index in [4.69, 9.17) is 21.1 Å². The zero-order chi connectivity index (χ0) is 26.4. The number of methoxy groups -OCH3 is 2. The number of thioether (sulfide) groups is 1. The highest BCUT2D eigenvalue weighted by Gasteiger charge is 2.41. The van der Waals surface area contributed by atoms with Gasteiger partial charge in [-0.15, -0.1) is 11.8 Å². The number of benzene rings is 2. The van der Waals surface area contributed by atoms with Crippen molar-refractivity contribution >= 4 is 40.2 Å². The molecule has 9 heteroatoms. The molecule has 4 rings (SSSR count). The van der Waals surface area contributed by atoms with Crippen molar-refractivity contribution < 1.29 is 23.8 Å². The minimum atomic E-state index is -1.41. The second-order valence-corrected chi connectivity index (χ2v) is 10.9. The van der Waals surface area contributed by atoms with Crippen LogP contribution >= 0.6 is 23.4 Å². The minimum Gasteiger partial charge on any atom is -0.497 e. The number of fused-ring (bicyclic) bond motifs is 1. The molecule has 3 aromatic rings. The smallest absolute Gasteiger partial charge is 0.309 e. The van der Waals surface area contributed by atoms with Crippen LogP contribution in [-0.2, 0) is 4.79 Å². The summed E-state index contributed by atoms with van der Waals surface area (Å²) in [6.45, 7) is 2.20. The fourth-order valence-electron chi connectivity index (χ4n) is 4.96. The Morgan fingerprint density at radius 2 is 1.97 bits per heavy atom. The van der Waals surface area contributed by atoms with Gasteiger partial charge in [-0.2, -0.15) is 0 Å². The number of piperidine rings is 1. The molecule has 0 radical (unpaired) electrons. The van der Waals surface area contributed by atoms with Crippen molar-refractivity contribution in [3.05, 3.63) is 59.2 Å². The number of ether oxygens (including phenoxy) is 2. The van der Waals surface area contributed by atoms with Crippen LogP contribution in [0, 0.1) is 5.41 Å². The molecule has 2 heterocycles. The Morgan fingerprint density at radius 1 is 1.22 bits per heavy atom. The lowest BCUT2D eigenvalue weighted by molar-refractivity contribution is -0.153. The lowest BCUT2D eigenvalue weighted by Crippen LogP contribution is -2.45. The zero-order valence-electron chi connectivity index (χ0n) is 21.1. The SMILES string of the molecule is COc1ccc2ncc(Cl)c([C@@H](F)CCC3(C(=O)O)CCN(CCSc4ccccc4OC)CC3)c2c1. The number of alkyl halides is 1. The molecular formula is C28H32ClFN2O4S. The Bertz CT molecular complexity index is 1240. The van der Waals surface area contributed by atoms with Crippen molar-refractivity contribution in [1.29, 1.82) is 0 Å². The fourth-order valence-corrected chi connectivity index (χ4v) is 6.27. The van der Waals surface area contributed by atoms with Crippen LogP contribution < -0.4 is 9.47 Å². The Morgan fingerprint density at radius 3 is 2.68 bits per heavy atom. The molecule has 0 saturated carbocycles. The highest BCUT2D eigenvalue weighted by Crippen LogP contribution is 2.42. The maximum atomic E-state index is 15.6. The zero-order valence-corrected chi connectivity index (χ0v) is 22.7. The number of aliphatic carboxylic acids is 1. The molecule has 1 aliphatic rings. The van der Waals surface area contributed by atoms with Crippen LogP contribution in [0.2, 0.25) is 5.02 Å². The molecule has 1 saturated heterocycles. The summed E-state index contributed by atoms with van der Waals surface area (Å²) in [7, 11) is 3.21. The van der Waals surface area contributed by atoms with Gasteiger partial charge >= 0.3 is 5.97 Å². The number of carbonyl (C=O) groups is 1. The van der Waals surface area contributed by atoms with E-state index in [0.717, 1.165) is 22.9 Å². The van der Waals surface area contributed by atoms with Gasteiger partial charge in [-0.05, 0) is 69.1 Å². The van der Waals surface area contributed by atoms with E-state index >= 15 is 4.39 Å². The van der Waals surface area contributed by atoms with Crippen molar-refractivity contribution in [2.45, 2.75) is 36.8 Å². The number of likely N-dealkylation sites (tertiary alicyclic amines) is 1. The maximum Gasteiger partial charge on any atom is 0.309 e. The summed E-state index contributed by atoms with van der Waals surface area (Å²) in [5.74, 6) is 1.47. The van der Waals surface area contributed by atoms with Crippen LogP contribution in [0.1, 0.15) is 37.4 Å². The quantitative estimate of drug-likeness (QED) is 0.270. The second kappa shape index (κ2) is 12.3. The lowest BCUT2D eigenvalue weighted by Gasteiger charge is -2.39. The first kappa shape index (κ1) is 27.5. The van der Waals surface area contributed by atoms with Crippen molar-refractivity contribution in [1.82, 2.24) is 9.88 Å². The van der Waals surface area contributed by atoms with E-state index in [2.05, 4.69) is 9.88 Å².